The number of para-hydroxylation sites is 1. The van der Waals surface area contributed by atoms with E-state index in [-0.39, 0.29) is 6.61 Å². The molecule has 1 aromatic heterocycles. The summed E-state index contributed by atoms with van der Waals surface area (Å²) in [7, 11) is 1.38. The van der Waals surface area contributed by atoms with E-state index in [1.165, 1.54) is 7.11 Å². The lowest BCUT2D eigenvalue weighted by Crippen LogP contribution is -2.37. The van der Waals surface area contributed by atoms with E-state index in [1.807, 2.05) is 78.9 Å². The van der Waals surface area contributed by atoms with Crippen molar-refractivity contribution in [3.63, 3.8) is 0 Å². The second-order valence-corrected chi connectivity index (χ2v) is 6.84. The first-order valence-corrected chi connectivity index (χ1v) is 9.17. The van der Waals surface area contributed by atoms with Gasteiger partial charge < -0.3 is 9.47 Å². The molecule has 0 aliphatic rings. The Morgan fingerprint density at radius 1 is 0.893 bits per heavy atom. The van der Waals surface area contributed by atoms with Crippen LogP contribution in [0.15, 0.2) is 78.9 Å². The maximum absolute atomic E-state index is 12.7. The summed E-state index contributed by atoms with van der Waals surface area (Å²) in [5.74, 6) is -0.440. The summed E-state index contributed by atoms with van der Waals surface area (Å²) >= 11 is 0. The number of benzene rings is 3. The van der Waals surface area contributed by atoms with Crippen molar-refractivity contribution in [1.29, 1.82) is 0 Å². The normalized spacial score (nSPS) is 13.4. The van der Waals surface area contributed by atoms with Gasteiger partial charge in [-0.3, -0.25) is 4.98 Å². The number of hydrogen-bond acceptors (Lipinski definition) is 4. The maximum atomic E-state index is 12.7. The summed E-state index contributed by atoms with van der Waals surface area (Å²) in [6.07, 6.45) is 0. The Kier molecular flexibility index (Phi) is 4.80. The first-order chi connectivity index (χ1) is 13.6. The van der Waals surface area contributed by atoms with Gasteiger partial charge in [0.05, 0.1) is 24.9 Å². The van der Waals surface area contributed by atoms with Crippen LogP contribution in [0.25, 0.3) is 21.7 Å². The SMILES string of the molecule is COC(=O)C(C)(OCc1ccc2ccccc2n1)c1cccc2ccccc12. The molecule has 140 valence electrons. The van der Waals surface area contributed by atoms with Crippen molar-refractivity contribution in [3.05, 3.63) is 90.1 Å². The van der Waals surface area contributed by atoms with Crippen LogP contribution in [-0.4, -0.2) is 18.1 Å². The predicted molar refractivity (Wildman–Crippen MR) is 110 cm³/mol. The van der Waals surface area contributed by atoms with Gasteiger partial charge in [0.1, 0.15) is 0 Å². The molecule has 0 N–H and O–H groups in total. The molecule has 1 atom stereocenters. The van der Waals surface area contributed by atoms with Crippen molar-refractivity contribution >= 4 is 27.6 Å². The number of hydrogen-bond donors (Lipinski definition) is 0. The number of methoxy groups -OCH3 is 1. The Hall–Kier alpha value is -3.24. The Morgan fingerprint density at radius 3 is 2.43 bits per heavy atom. The fourth-order valence-corrected chi connectivity index (χ4v) is 3.49. The minimum absolute atomic E-state index is 0.194. The molecule has 28 heavy (non-hydrogen) atoms. The van der Waals surface area contributed by atoms with Crippen LogP contribution in [0.4, 0.5) is 0 Å². The summed E-state index contributed by atoms with van der Waals surface area (Å²) in [6.45, 7) is 1.95. The highest BCUT2D eigenvalue weighted by Crippen LogP contribution is 2.33. The van der Waals surface area contributed by atoms with E-state index in [1.54, 1.807) is 6.92 Å². The van der Waals surface area contributed by atoms with Crippen LogP contribution >= 0.6 is 0 Å². The van der Waals surface area contributed by atoms with Gasteiger partial charge in [0.2, 0.25) is 0 Å². The molecule has 0 amide bonds. The molecule has 0 aliphatic heterocycles. The highest BCUT2D eigenvalue weighted by Gasteiger charge is 2.39. The zero-order chi connectivity index (χ0) is 19.6. The number of aromatic nitrogens is 1. The van der Waals surface area contributed by atoms with Gasteiger partial charge in [-0.1, -0.05) is 66.7 Å². The zero-order valence-electron chi connectivity index (χ0n) is 15.9. The molecule has 0 fully saturated rings. The Morgan fingerprint density at radius 2 is 1.61 bits per heavy atom. The van der Waals surface area contributed by atoms with Gasteiger partial charge in [-0.25, -0.2) is 4.79 Å². The molecule has 3 aromatic carbocycles. The molecule has 0 aliphatic carbocycles. The van der Waals surface area contributed by atoms with Crippen molar-refractivity contribution in [3.8, 4) is 0 Å². The van der Waals surface area contributed by atoms with E-state index in [9.17, 15) is 4.79 Å². The Labute approximate surface area is 163 Å². The topological polar surface area (TPSA) is 48.4 Å². The van der Waals surface area contributed by atoms with Crippen molar-refractivity contribution < 1.29 is 14.3 Å². The summed E-state index contributed by atoms with van der Waals surface area (Å²) in [6, 6.07) is 25.6. The minimum Gasteiger partial charge on any atom is -0.467 e. The van der Waals surface area contributed by atoms with Crippen molar-refractivity contribution in [2.24, 2.45) is 0 Å². The molecule has 4 aromatic rings. The van der Waals surface area contributed by atoms with Gasteiger partial charge in [0.25, 0.3) is 0 Å². The van der Waals surface area contributed by atoms with E-state index in [0.717, 1.165) is 32.9 Å². The monoisotopic (exact) mass is 371 g/mol. The van der Waals surface area contributed by atoms with Crippen molar-refractivity contribution in [1.82, 2.24) is 4.98 Å². The van der Waals surface area contributed by atoms with Crippen LogP contribution in [-0.2, 0) is 26.5 Å². The highest BCUT2D eigenvalue weighted by atomic mass is 16.6. The number of ether oxygens (including phenoxy) is 2. The lowest BCUT2D eigenvalue weighted by atomic mass is 9.90. The lowest BCUT2D eigenvalue weighted by molar-refractivity contribution is -0.170. The molecule has 4 nitrogen and oxygen atoms in total. The van der Waals surface area contributed by atoms with Gasteiger partial charge in [-0.05, 0) is 29.8 Å². The first-order valence-electron chi connectivity index (χ1n) is 9.17. The van der Waals surface area contributed by atoms with Gasteiger partial charge in [-0.15, -0.1) is 0 Å². The third-order valence-electron chi connectivity index (χ3n) is 5.04. The molecule has 4 rings (SSSR count). The molecule has 0 spiro atoms. The zero-order valence-corrected chi connectivity index (χ0v) is 15.9. The van der Waals surface area contributed by atoms with Gasteiger partial charge >= 0.3 is 5.97 Å². The molecule has 1 heterocycles. The molecule has 4 heteroatoms. The Bertz CT molecular complexity index is 1150. The van der Waals surface area contributed by atoms with Crippen molar-refractivity contribution in [2.75, 3.05) is 7.11 Å². The van der Waals surface area contributed by atoms with Gasteiger partial charge in [0.15, 0.2) is 5.60 Å². The number of nitrogens with zero attached hydrogens (tertiary/aromatic N) is 1. The standard InChI is InChI=1S/C24H21NO3/c1-24(23(26)27-2,21-12-7-10-17-8-3-5-11-20(17)21)28-16-19-15-14-18-9-4-6-13-22(18)25-19/h3-15H,16H2,1-2H3. The minimum atomic E-state index is -1.25. The van der Waals surface area contributed by atoms with Crippen LogP contribution in [0.3, 0.4) is 0 Å². The number of rotatable bonds is 5. The van der Waals surface area contributed by atoms with Crippen LogP contribution in [0.5, 0.6) is 0 Å². The third kappa shape index (κ3) is 3.23. The molecule has 1 unspecified atom stereocenters. The average Bonchev–Trinajstić information content (AvgIpc) is 2.76. The number of esters is 1. The first kappa shape index (κ1) is 18.1. The van der Waals surface area contributed by atoms with Gasteiger partial charge in [-0.2, -0.15) is 0 Å². The maximum Gasteiger partial charge on any atom is 0.342 e. The summed E-state index contributed by atoms with van der Waals surface area (Å²) < 4.78 is 11.3. The predicted octanol–water partition coefficient (Wildman–Crippen LogP) is 4.99. The molecule has 0 saturated carbocycles. The van der Waals surface area contributed by atoms with Crippen LogP contribution in [0.2, 0.25) is 0 Å². The largest absolute Gasteiger partial charge is 0.467 e. The van der Waals surface area contributed by atoms with E-state index >= 15 is 0 Å². The molecule has 0 radical (unpaired) electrons. The van der Waals surface area contributed by atoms with E-state index < -0.39 is 11.6 Å². The summed E-state index contributed by atoms with van der Waals surface area (Å²) in [5.41, 5.74) is 1.18. The number of pyridine rings is 1. The molecular weight excluding hydrogens is 350 g/mol. The summed E-state index contributed by atoms with van der Waals surface area (Å²) in [5, 5.41) is 3.07. The van der Waals surface area contributed by atoms with Crippen molar-refractivity contribution in [2.45, 2.75) is 19.1 Å². The summed E-state index contributed by atoms with van der Waals surface area (Å²) in [4.78, 5) is 17.4. The fourth-order valence-electron chi connectivity index (χ4n) is 3.49. The van der Waals surface area contributed by atoms with Gasteiger partial charge in [0, 0.05) is 10.9 Å². The second-order valence-electron chi connectivity index (χ2n) is 6.84. The molecule has 0 bridgehead atoms. The van der Waals surface area contributed by atoms with Crippen LogP contribution < -0.4 is 0 Å². The molecular formula is C24H21NO3. The van der Waals surface area contributed by atoms with E-state index in [4.69, 9.17) is 9.47 Å². The number of carbonyl (C=O) groups excluding carboxylic acids is 1. The second kappa shape index (κ2) is 7.41. The van der Waals surface area contributed by atoms with Crippen LogP contribution in [0, 0.1) is 0 Å². The average molecular weight is 371 g/mol. The third-order valence-corrected chi connectivity index (χ3v) is 5.04. The molecule has 0 saturated heterocycles. The highest BCUT2D eigenvalue weighted by molar-refractivity contribution is 5.92. The van der Waals surface area contributed by atoms with E-state index in [2.05, 4.69) is 4.98 Å². The fraction of sp³-hybridized carbons (Fsp3) is 0.167. The quantitative estimate of drug-likeness (QED) is 0.464. The lowest BCUT2D eigenvalue weighted by Gasteiger charge is -2.28. The smallest absolute Gasteiger partial charge is 0.342 e. The van der Waals surface area contributed by atoms with Crippen LogP contribution in [0.1, 0.15) is 18.2 Å². The van der Waals surface area contributed by atoms with E-state index in [0.29, 0.717) is 0 Å². The Balaban J connectivity index is 1.71. The number of carbonyl (C=O) groups is 1. The number of fused-ring (bicyclic) bond motifs is 2.